The predicted molar refractivity (Wildman–Crippen MR) is 95.9 cm³/mol. The van der Waals surface area contributed by atoms with E-state index in [0.717, 1.165) is 18.4 Å². The van der Waals surface area contributed by atoms with E-state index in [1.54, 1.807) is 0 Å². The van der Waals surface area contributed by atoms with E-state index in [2.05, 4.69) is 0 Å². The fourth-order valence-electron chi connectivity index (χ4n) is 3.94. The summed E-state index contributed by atoms with van der Waals surface area (Å²) in [6, 6.07) is 7.69. The van der Waals surface area contributed by atoms with Gasteiger partial charge in [-0.25, -0.2) is 0 Å². The van der Waals surface area contributed by atoms with E-state index in [1.807, 2.05) is 29.2 Å². The summed E-state index contributed by atoms with van der Waals surface area (Å²) >= 11 is 5.95. The Morgan fingerprint density at radius 2 is 1.96 bits per heavy atom. The van der Waals surface area contributed by atoms with Crippen LogP contribution >= 0.6 is 11.6 Å². The number of hydrogen-bond acceptors (Lipinski definition) is 3. The van der Waals surface area contributed by atoms with Crippen molar-refractivity contribution in [2.45, 2.75) is 44.6 Å². The van der Waals surface area contributed by atoms with Crippen molar-refractivity contribution in [3.63, 3.8) is 0 Å². The molecule has 4 nitrogen and oxygen atoms in total. The van der Waals surface area contributed by atoms with Crippen molar-refractivity contribution in [2.75, 3.05) is 26.2 Å². The lowest BCUT2D eigenvalue weighted by atomic mass is 9.71. The fraction of sp³-hybridized carbons (Fsp3) is 0.632. The minimum atomic E-state index is -0.0693. The highest BCUT2D eigenvalue weighted by Crippen LogP contribution is 2.39. The molecule has 2 N–H and O–H groups in total. The van der Waals surface area contributed by atoms with Gasteiger partial charge in [0.2, 0.25) is 5.91 Å². The van der Waals surface area contributed by atoms with Gasteiger partial charge in [0.1, 0.15) is 6.10 Å². The van der Waals surface area contributed by atoms with Crippen LogP contribution in [0.4, 0.5) is 0 Å². The first-order valence-corrected chi connectivity index (χ1v) is 9.35. The molecule has 1 aromatic carbocycles. The van der Waals surface area contributed by atoms with E-state index in [4.69, 9.17) is 22.1 Å². The maximum absolute atomic E-state index is 12.9. The molecule has 1 atom stereocenters. The van der Waals surface area contributed by atoms with Crippen molar-refractivity contribution in [1.29, 1.82) is 0 Å². The first-order chi connectivity index (χ1) is 11.6. The van der Waals surface area contributed by atoms with Gasteiger partial charge in [0, 0.05) is 18.0 Å². The van der Waals surface area contributed by atoms with Crippen LogP contribution < -0.4 is 5.73 Å². The summed E-state index contributed by atoms with van der Waals surface area (Å²) in [6.45, 7) is 2.48. The zero-order valence-corrected chi connectivity index (χ0v) is 14.9. The van der Waals surface area contributed by atoms with Crippen LogP contribution in [-0.4, -0.2) is 37.0 Å². The monoisotopic (exact) mass is 350 g/mol. The van der Waals surface area contributed by atoms with E-state index >= 15 is 0 Å². The molecule has 0 spiro atoms. The first kappa shape index (κ1) is 17.7. The lowest BCUT2D eigenvalue weighted by Crippen LogP contribution is -2.45. The number of carbonyl (C=O) groups excluding carboxylic acids is 1. The largest absolute Gasteiger partial charge is 0.370 e. The number of carbonyl (C=O) groups is 1. The smallest absolute Gasteiger partial charge is 0.223 e. The molecular formula is C19H27ClN2O2. The topological polar surface area (TPSA) is 55.6 Å². The van der Waals surface area contributed by atoms with Gasteiger partial charge in [-0.1, -0.05) is 43.0 Å². The Morgan fingerprint density at radius 1 is 1.25 bits per heavy atom. The molecule has 1 heterocycles. The van der Waals surface area contributed by atoms with E-state index in [-0.39, 0.29) is 17.4 Å². The molecule has 0 aromatic heterocycles. The third kappa shape index (κ3) is 4.11. The van der Waals surface area contributed by atoms with Crippen molar-refractivity contribution in [3.8, 4) is 0 Å². The van der Waals surface area contributed by atoms with Gasteiger partial charge in [-0.05, 0) is 42.5 Å². The van der Waals surface area contributed by atoms with Crippen LogP contribution in [0.3, 0.4) is 0 Å². The molecular weight excluding hydrogens is 324 g/mol. The average molecular weight is 351 g/mol. The number of amides is 1. The van der Waals surface area contributed by atoms with Crippen LogP contribution in [-0.2, 0) is 9.53 Å². The number of ether oxygens (including phenoxy) is 1. The summed E-state index contributed by atoms with van der Waals surface area (Å²) < 4.78 is 5.86. The number of nitrogens with two attached hydrogens (primary N) is 1. The Labute approximate surface area is 149 Å². The van der Waals surface area contributed by atoms with Crippen LogP contribution in [0.25, 0.3) is 0 Å². The molecule has 5 heteroatoms. The first-order valence-electron chi connectivity index (χ1n) is 8.97. The molecule has 1 amide bonds. The normalized spacial score (nSPS) is 23.9. The maximum Gasteiger partial charge on any atom is 0.223 e. The summed E-state index contributed by atoms with van der Waals surface area (Å²) in [4.78, 5) is 14.8. The summed E-state index contributed by atoms with van der Waals surface area (Å²) in [5.41, 5.74) is 7.13. The lowest BCUT2D eigenvalue weighted by Gasteiger charge is -2.39. The number of benzene rings is 1. The van der Waals surface area contributed by atoms with Crippen LogP contribution in [0.15, 0.2) is 24.3 Å². The summed E-state index contributed by atoms with van der Waals surface area (Å²) in [5, 5.41) is 0.713. The number of hydrogen-bond donors (Lipinski definition) is 1. The minimum absolute atomic E-state index is 0.0173. The molecule has 132 valence electrons. The second kappa shape index (κ2) is 7.85. The van der Waals surface area contributed by atoms with Crippen LogP contribution in [0, 0.1) is 5.41 Å². The molecule has 24 heavy (non-hydrogen) atoms. The zero-order chi connectivity index (χ0) is 17.0. The van der Waals surface area contributed by atoms with Gasteiger partial charge in [-0.2, -0.15) is 0 Å². The van der Waals surface area contributed by atoms with Gasteiger partial charge in [0.05, 0.1) is 13.2 Å². The molecule has 1 aliphatic heterocycles. The van der Waals surface area contributed by atoms with Crippen molar-refractivity contribution in [3.05, 3.63) is 34.9 Å². The van der Waals surface area contributed by atoms with Crippen molar-refractivity contribution in [1.82, 2.24) is 4.90 Å². The summed E-state index contributed by atoms with van der Waals surface area (Å²) in [5.74, 6) is 0.226. The number of morpholine rings is 1. The standard InChI is InChI=1S/C19H27ClN2O2/c20-16-6-4-15(5-7-16)17-13-22(10-11-24-17)18(23)12-19(14-21)8-2-1-3-9-19/h4-7,17H,1-3,8-14,21H2. The SMILES string of the molecule is NCC1(CC(=O)N2CCOC(c3ccc(Cl)cc3)C2)CCCCC1. The van der Waals surface area contributed by atoms with E-state index in [9.17, 15) is 4.79 Å². The van der Waals surface area contributed by atoms with Crippen molar-refractivity contribution >= 4 is 17.5 Å². The molecule has 2 fully saturated rings. The molecule has 1 saturated carbocycles. The minimum Gasteiger partial charge on any atom is -0.370 e. The molecule has 2 aliphatic rings. The highest BCUT2D eigenvalue weighted by molar-refractivity contribution is 6.30. The Hall–Kier alpha value is -1.10. The Balaban J connectivity index is 1.63. The van der Waals surface area contributed by atoms with Gasteiger partial charge in [0.15, 0.2) is 0 Å². The van der Waals surface area contributed by atoms with Gasteiger partial charge in [-0.15, -0.1) is 0 Å². The second-order valence-electron chi connectivity index (χ2n) is 7.19. The third-order valence-electron chi connectivity index (χ3n) is 5.53. The maximum atomic E-state index is 12.9. The van der Waals surface area contributed by atoms with Crippen LogP contribution in [0.5, 0.6) is 0 Å². The summed E-state index contributed by atoms with van der Waals surface area (Å²) in [7, 11) is 0. The Kier molecular flexibility index (Phi) is 5.80. The number of halogens is 1. The highest BCUT2D eigenvalue weighted by atomic mass is 35.5. The molecule has 1 unspecified atom stereocenters. The molecule has 1 aromatic rings. The fourth-order valence-corrected chi connectivity index (χ4v) is 4.07. The number of rotatable bonds is 4. The average Bonchev–Trinajstić information content (AvgIpc) is 2.63. The third-order valence-corrected chi connectivity index (χ3v) is 5.79. The van der Waals surface area contributed by atoms with E-state index < -0.39 is 0 Å². The molecule has 3 rings (SSSR count). The zero-order valence-electron chi connectivity index (χ0n) is 14.2. The van der Waals surface area contributed by atoms with E-state index in [0.29, 0.717) is 37.7 Å². The quantitative estimate of drug-likeness (QED) is 0.903. The Morgan fingerprint density at radius 3 is 2.62 bits per heavy atom. The number of nitrogens with zero attached hydrogens (tertiary/aromatic N) is 1. The van der Waals surface area contributed by atoms with Crippen molar-refractivity contribution in [2.24, 2.45) is 11.1 Å². The lowest BCUT2D eigenvalue weighted by molar-refractivity contribution is -0.142. The van der Waals surface area contributed by atoms with Gasteiger partial charge >= 0.3 is 0 Å². The van der Waals surface area contributed by atoms with Crippen molar-refractivity contribution < 1.29 is 9.53 Å². The van der Waals surface area contributed by atoms with Gasteiger partial charge in [0.25, 0.3) is 0 Å². The Bertz CT molecular complexity index is 555. The van der Waals surface area contributed by atoms with Gasteiger partial charge in [-0.3, -0.25) is 4.79 Å². The predicted octanol–water partition coefficient (Wildman–Crippen LogP) is 3.54. The molecule has 0 radical (unpaired) electrons. The molecule has 0 bridgehead atoms. The van der Waals surface area contributed by atoms with E-state index in [1.165, 1.54) is 19.3 Å². The second-order valence-corrected chi connectivity index (χ2v) is 7.63. The van der Waals surface area contributed by atoms with Gasteiger partial charge < -0.3 is 15.4 Å². The van der Waals surface area contributed by atoms with Crippen LogP contribution in [0.1, 0.15) is 50.2 Å². The molecule has 1 saturated heterocycles. The highest BCUT2D eigenvalue weighted by Gasteiger charge is 2.35. The molecule has 1 aliphatic carbocycles. The summed E-state index contributed by atoms with van der Waals surface area (Å²) in [6.07, 6.45) is 6.34. The van der Waals surface area contributed by atoms with Crippen LogP contribution in [0.2, 0.25) is 5.02 Å².